The summed E-state index contributed by atoms with van der Waals surface area (Å²) in [4.78, 5) is 26.2. The van der Waals surface area contributed by atoms with Crippen molar-refractivity contribution in [3.63, 3.8) is 0 Å². The van der Waals surface area contributed by atoms with Crippen molar-refractivity contribution >= 4 is 21.9 Å². The average Bonchev–Trinajstić information content (AvgIpc) is 2.63. The van der Waals surface area contributed by atoms with E-state index in [-0.39, 0.29) is 23.8 Å². The number of nitrogens with one attached hydrogen (secondary N) is 1. The standard InChI is InChI=1S/C20H32N2O5S/c1-15(2)12-22(13-16(3)4)19(23)14-27-20(24)11-8-17-6-9-18(10-7-17)28(25,26)21-5/h6-7,9-10,15-16,21H,8,11-14H2,1-5H3. The molecule has 1 amide bonds. The first-order valence-corrected chi connectivity index (χ1v) is 11.0. The van der Waals surface area contributed by atoms with Gasteiger partial charge in [0, 0.05) is 19.5 Å². The maximum atomic E-state index is 12.3. The molecule has 0 aliphatic carbocycles. The van der Waals surface area contributed by atoms with E-state index in [2.05, 4.69) is 4.72 Å². The van der Waals surface area contributed by atoms with Gasteiger partial charge in [-0.25, -0.2) is 13.1 Å². The van der Waals surface area contributed by atoms with Crippen molar-refractivity contribution in [2.75, 3.05) is 26.7 Å². The third-order valence-electron chi connectivity index (χ3n) is 4.00. The number of benzene rings is 1. The summed E-state index contributed by atoms with van der Waals surface area (Å²) in [6, 6.07) is 6.31. The number of hydrogen-bond donors (Lipinski definition) is 1. The third kappa shape index (κ3) is 8.39. The SMILES string of the molecule is CNS(=O)(=O)c1ccc(CCC(=O)OCC(=O)N(CC(C)C)CC(C)C)cc1. The summed E-state index contributed by atoms with van der Waals surface area (Å²) in [5.41, 5.74) is 0.819. The molecule has 0 aromatic heterocycles. The van der Waals surface area contributed by atoms with Crippen LogP contribution in [0.1, 0.15) is 39.7 Å². The molecule has 0 unspecified atom stereocenters. The van der Waals surface area contributed by atoms with E-state index in [1.807, 2.05) is 27.7 Å². The number of rotatable bonds is 11. The molecule has 7 nitrogen and oxygen atoms in total. The van der Waals surface area contributed by atoms with Crippen LogP contribution in [0, 0.1) is 11.8 Å². The van der Waals surface area contributed by atoms with Crippen LogP contribution in [0.25, 0.3) is 0 Å². The van der Waals surface area contributed by atoms with Gasteiger partial charge in [-0.1, -0.05) is 39.8 Å². The molecule has 0 atom stereocenters. The molecule has 0 aliphatic heterocycles. The van der Waals surface area contributed by atoms with E-state index in [4.69, 9.17) is 4.74 Å². The quantitative estimate of drug-likeness (QED) is 0.563. The number of nitrogens with zero attached hydrogens (tertiary/aromatic N) is 1. The van der Waals surface area contributed by atoms with E-state index in [1.165, 1.54) is 19.2 Å². The van der Waals surface area contributed by atoms with E-state index in [0.29, 0.717) is 31.3 Å². The fourth-order valence-electron chi connectivity index (χ4n) is 2.66. The Labute approximate surface area is 168 Å². The van der Waals surface area contributed by atoms with Crippen molar-refractivity contribution in [2.45, 2.75) is 45.4 Å². The van der Waals surface area contributed by atoms with Crippen LogP contribution in [0.3, 0.4) is 0 Å². The molecule has 0 fully saturated rings. The Hall–Kier alpha value is -1.93. The molecule has 0 bridgehead atoms. The number of ether oxygens (including phenoxy) is 1. The fourth-order valence-corrected chi connectivity index (χ4v) is 3.40. The first-order valence-electron chi connectivity index (χ1n) is 9.51. The molecule has 0 radical (unpaired) electrons. The summed E-state index contributed by atoms with van der Waals surface area (Å²) >= 11 is 0. The first-order chi connectivity index (χ1) is 13.0. The van der Waals surface area contributed by atoms with Crippen LogP contribution in [0.4, 0.5) is 0 Å². The molecule has 1 aromatic carbocycles. The maximum Gasteiger partial charge on any atom is 0.306 e. The number of hydrogen-bond acceptors (Lipinski definition) is 5. The Balaban J connectivity index is 2.50. The van der Waals surface area contributed by atoms with Gasteiger partial charge in [0.25, 0.3) is 5.91 Å². The van der Waals surface area contributed by atoms with Gasteiger partial charge < -0.3 is 9.64 Å². The second kappa shape index (κ2) is 11.2. The molecule has 0 heterocycles. The Morgan fingerprint density at radius 1 is 1.04 bits per heavy atom. The molecular weight excluding hydrogens is 380 g/mol. The Kier molecular flexibility index (Phi) is 9.61. The zero-order valence-corrected chi connectivity index (χ0v) is 18.2. The Morgan fingerprint density at radius 2 is 1.57 bits per heavy atom. The van der Waals surface area contributed by atoms with Crippen molar-refractivity contribution in [1.29, 1.82) is 0 Å². The molecule has 0 aliphatic rings. The predicted molar refractivity (Wildman–Crippen MR) is 108 cm³/mol. The normalized spacial score (nSPS) is 11.7. The summed E-state index contributed by atoms with van der Waals surface area (Å²) in [7, 11) is -2.12. The van der Waals surface area contributed by atoms with Crippen LogP contribution in [-0.2, 0) is 30.8 Å². The Bertz CT molecular complexity index is 732. The number of esters is 1. The van der Waals surface area contributed by atoms with Crippen LogP contribution in [0.5, 0.6) is 0 Å². The van der Waals surface area contributed by atoms with Crippen molar-refractivity contribution in [3.8, 4) is 0 Å². The largest absolute Gasteiger partial charge is 0.456 e. The lowest BCUT2D eigenvalue weighted by molar-refractivity contribution is -0.152. The lowest BCUT2D eigenvalue weighted by Gasteiger charge is -2.26. The summed E-state index contributed by atoms with van der Waals surface area (Å²) in [5.74, 6) is 0.0490. The molecule has 0 saturated heterocycles. The van der Waals surface area contributed by atoms with E-state index in [0.717, 1.165) is 5.56 Å². The molecule has 1 rings (SSSR count). The zero-order valence-electron chi connectivity index (χ0n) is 17.4. The minimum Gasteiger partial charge on any atom is -0.456 e. The van der Waals surface area contributed by atoms with E-state index >= 15 is 0 Å². The highest BCUT2D eigenvalue weighted by atomic mass is 32.2. The summed E-state index contributed by atoms with van der Waals surface area (Å²) < 4.78 is 30.8. The van der Waals surface area contributed by atoms with Crippen molar-refractivity contribution in [3.05, 3.63) is 29.8 Å². The average molecular weight is 413 g/mol. The summed E-state index contributed by atoms with van der Waals surface area (Å²) in [5, 5.41) is 0. The molecule has 8 heteroatoms. The minimum atomic E-state index is -3.47. The van der Waals surface area contributed by atoms with E-state index < -0.39 is 16.0 Å². The van der Waals surface area contributed by atoms with Crippen LogP contribution in [0.15, 0.2) is 29.2 Å². The molecule has 0 saturated carbocycles. The van der Waals surface area contributed by atoms with Gasteiger partial charge in [0.2, 0.25) is 10.0 Å². The van der Waals surface area contributed by atoms with E-state index in [1.54, 1.807) is 17.0 Å². The molecule has 1 N–H and O–H groups in total. The van der Waals surface area contributed by atoms with Crippen LogP contribution in [0.2, 0.25) is 0 Å². The maximum absolute atomic E-state index is 12.3. The second-order valence-corrected chi connectivity index (χ2v) is 9.49. The molecule has 158 valence electrons. The first kappa shape index (κ1) is 24.1. The minimum absolute atomic E-state index is 0.125. The summed E-state index contributed by atoms with van der Waals surface area (Å²) in [6.07, 6.45) is 0.536. The van der Waals surface area contributed by atoms with Gasteiger partial charge in [0.15, 0.2) is 6.61 Å². The molecule has 0 spiro atoms. The highest BCUT2D eigenvalue weighted by Crippen LogP contribution is 2.12. The molecule has 28 heavy (non-hydrogen) atoms. The van der Waals surface area contributed by atoms with Crippen LogP contribution in [-0.4, -0.2) is 51.9 Å². The monoisotopic (exact) mass is 412 g/mol. The van der Waals surface area contributed by atoms with E-state index in [9.17, 15) is 18.0 Å². The number of carbonyl (C=O) groups is 2. The topological polar surface area (TPSA) is 92.8 Å². The highest BCUT2D eigenvalue weighted by Gasteiger charge is 2.18. The van der Waals surface area contributed by atoms with Gasteiger partial charge in [-0.2, -0.15) is 0 Å². The van der Waals surface area contributed by atoms with Crippen LogP contribution < -0.4 is 4.72 Å². The van der Waals surface area contributed by atoms with Crippen molar-refractivity contribution in [2.24, 2.45) is 11.8 Å². The fraction of sp³-hybridized carbons (Fsp3) is 0.600. The lowest BCUT2D eigenvalue weighted by atomic mass is 10.1. The highest BCUT2D eigenvalue weighted by molar-refractivity contribution is 7.89. The molecular formula is C20H32N2O5S. The number of carbonyl (C=O) groups excluding carboxylic acids is 2. The van der Waals surface area contributed by atoms with Crippen LogP contribution >= 0.6 is 0 Å². The van der Waals surface area contributed by atoms with Crippen molar-refractivity contribution in [1.82, 2.24) is 9.62 Å². The van der Waals surface area contributed by atoms with Crippen molar-refractivity contribution < 1.29 is 22.7 Å². The summed E-state index contributed by atoms with van der Waals surface area (Å²) in [6.45, 7) is 9.18. The number of amides is 1. The Morgan fingerprint density at radius 3 is 2.04 bits per heavy atom. The van der Waals surface area contributed by atoms with Gasteiger partial charge in [-0.3, -0.25) is 9.59 Å². The molecule has 1 aromatic rings. The van der Waals surface area contributed by atoms with Gasteiger partial charge in [-0.05, 0) is 43.0 Å². The van der Waals surface area contributed by atoms with Gasteiger partial charge in [0.05, 0.1) is 4.90 Å². The lowest BCUT2D eigenvalue weighted by Crippen LogP contribution is -2.39. The number of aryl methyl sites for hydroxylation is 1. The third-order valence-corrected chi connectivity index (χ3v) is 5.43. The van der Waals surface area contributed by atoms with Gasteiger partial charge in [0.1, 0.15) is 0 Å². The number of sulfonamides is 1. The van der Waals surface area contributed by atoms with Gasteiger partial charge >= 0.3 is 5.97 Å². The smallest absolute Gasteiger partial charge is 0.306 e. The predicted octanol–water partition coefficient (Wildman–Crippen LogP) is 2.21. The second-order valence-electron chi connectivity index (χ2n) is 7.60. The van der Waals surface area contributed by atoms with Gasteiger partial charge in [-0.15, -0.1) is 0 Å². The zero-order chi connectivity index (χ0) is 21.3.